The summed E-state index contributed by atoms with van der Waals surface area (Å²) >= 11 is 0. The van der Waals surface area contributed by atoms with Crippen LogP contribution in [0.15, 0.2) is 12.3 Å². The van der Waals surface area contributed by atoms with Gasteiger partial charge in [0.25, 0.3) is 5.91 Å². The van der Waals surface area contributed by atoms with E-state index in [4.69, 9.17) is 4.74 Å². The Labute approximate surface area is 141 Å². The number of carbonyl (C=O) groups excluding carboxylic acids is 2. The molecule has 0 unspecified atom stereocenters. The molecule has 0 aliphatic carbocycles. The van der Waals surface area contributed by atoms with E-state index in [9.17, 15) is 9.59 Å². The minimum Gasteiger partial charge on any atom is -0.450 e. The largest absolute Gasteiger partial charge is 0.450 e. The average Bonchev–Trinajstić information content (AvgIpc) is 3.16. The van der Waals surface area contributed by atoms with Gasteiger partial charge in [0, 0.05) is 45.5 Å². The Kier molecular flexibility index (Phi) is 5.12. The van der Waals surface area contributed by atoms with Gasteiger partial charge in [-0.2, -0.15) is 0 Å². The molecule has 0 spiro atoms. The lowest BCUT2D eigenvalue weighted by atomic mass is 10.3. The first-order chi connectivity index (χ1) is 11.7. The van der Waals surface area contributed by atoms with Crippen molar-refractivity contribution in [2.75, 3.05) is 50.8 Å². The third kappa shape index (κ3) is 3.58. The molecule has 0 aromatic carbocycles. The van der Waals surface area contributed by atoms with Crippen LogP contribution < -0.4 is 4.90 Å². The average molecular weight is 333 g/mol. The van der Waals surface area contributed by atoms with Crippen molar-refractivity contribution >= 4 is 17.9 Å². The van der Waals surface area contributed by atoms with Crippen molar-refractivity contribution in [3.63, 3.8) is 0 Å². The summed E-state index contributed by atoms with van der Waals surface area (Å²) in [6, 6.07) is 1.67. The van der Waals surface area contributed by atoms with Crippen molar-refractivity contribution in [1.29, 1.82) is 0 Å². The highest BCUT2D eigenvalue weighted by molar-refractivity contribution is 5.92. The maximum absolute atomic E-state index is 12.4. The van der Waals surface area contributed by atoms with Crippen molar-refractivity contribution < 1.29 is 14.3 Å². The summed E-state index contributed by atoms with van der Waals surface area (Å²) in [7, 11) is 0. The number of piperazine rings is 1. The van der Waals surface area contributed by atoms with E-state index < -0.39 is 0 Å². The van der Waals surface area contributed by atoms with Gasteiger partial charge in [-0.3, -0.25) is 4.79 Å². The highest BCUT2D eigenvalue weighted by Gasteiger charge is 2.25. The number of nitrogens with zero attached hydrogens (tertiary/aromatic N) is 5. The van der Waals surface area contributed by atoms with Crippen molar-refractivity contribution in [3.8, 4) is 0 Å². The number of ether oxygens (including phenoxy) is 1. The predicted octanol–water partition coefficient (Wildman–Crippen LogP) is 0.991. The highest BCUT2D eigenvalue weighted by Crippen LogP contribution is 2.15. The summed E-state index contributed by atoms with van der Waals surface area (Å²) in [4.78, 5) is 38.4. The molecule has 8 heteroatoms. The second-order valence-electron chi connectivity index (χ2n) is 5.91. The maximum atomic E-state index is 12.4. The minimum atomic E-state index is -0.281. The minimum absolute atomic E-state index is 0.0266. The van der Waals surface area contributed by atoms with Crippen LogP contribution in [0.1, 0.15) is 30.3 Å². The van der Waals surface area contributed by atoms with Crippen LogP contribution in [-0.4, -0.2) is 77.6 Å². The first-order valence-electron chi connectivity index (χ1n) is 8.48. The van der Waals surface area contributed by atoms with Crippen LogP contribution in [0, 0.1) is 0 Å². The summed E-state index contributed by atoms with van der Waals surface area (Å²) in [5.41, 5.74) is 0.440. The molecule has 3 heterocycles. The zero-order valence-electron chi connectivity index (χ0n) is 14.0. The van der Waals surface area contributed by atoms with Crippen LogP contribution in [0.4, 0.5) is 10.7 Å². The smallest absolute Gasteiger partial charge is 0.409 e. The van der Waals surface area contributed by atoms with Crippen LogP contribution in [0.3, 0.4) is 0 Å². The lowest BCUT2D eigenvalue weighted by Crippen LogP contribution is -2.49. The maximum Gasteiger partial charge on any atom is 0.409 e. The summed E-state index contributed by atoms with van der Waals surface area (Å²) in [6.07, 6.45) is 3.46. The van der Waals surface area contributed by atoms with Crippen molar-refractivity contribution in [3.05, 3.63) is 18.0 Å². The molecule has 2 aliphatic rings. The molecule has 0 saturated carbocycles. The molecular weight excluding hydrogens is 310 g/mol. The lowest BCUT2D eigenvalue weighted by Gasteiger charge is -2.34. The number of aromatic nitrogens is 2. The van der Waals surface area contributed by atoms with Gasteiger partial charge in [0.15, 0.2) is 0 Å². The van der Waals surface area contributed by atoms with E-state index in [0.717, 1.165) is 25.9 Å². The summed E-state index contributed by atoms with van der Waals surface area (Å²) in [5.74, 6) is 0.518. The second kappa shape index (κ2) is 7.46. The molecule has 0 bridgehead atoms. The van der Waals surface area contributed by atoms with E-state index in [1.165, 1.54) is 0 Å². The monoisotopic (exact) mass is 333 g/mol. The number of anilines is 1. The van der Waals surface area contributed by atoms with Crippen LogP contribution in [0.5, 0.6) is 0 Å². The fourth-order valence-electron chi connectivity index (χ4n) is 3.01. The van der Waals surface area contributed by atoms with Crippen molar-refractivity contribution in [2.24, 2.45) is 0 Å². The number of carbonyl (C=O) groups is 2. The fraction of sp³-hybridized carbons (Fsp3) is 0.625. The quantitative estimate of drug-likeness (QED) is 0.821. The molecule has 3 rings (SSSR count). The predicted molar refractivity (Wildman–Crippen MR) is 88.0 cm³/mol. The van der Waals surface area contributed by atoms with Crippen LogP contribution in [0.2, 0.25) is 0 Å². The molecule has 2 saturated heterocycles. The number of rotatable bonds is 3. The van der Waals surface area contributed by atoms with Gasteiger partial charge >= 0.3 is 6.09 Å². The Bertz CT molecular complexity index is 595. The number of hydrogen-bond donors (Lipinski definition) is 0. The van der Waals surface area contributed by atoms with E-state index >= 15 is 0 Å². The molecule has 0 radical (unpaired) electrons. The molecule has 2 fully saturated rings. The van der Waals surface area contributed by atoms with E-state index in [1.807, 2.05) is 9.80 Å². The third-order valence-corrected chi connectivity index (χ3v) is 4.34. The number of amides is 2. The van der Waals surface area contributed by atoms with Gasteiger partial charge in [0.05, 0.1) is 6.61 Å². The summed E-state index contributed by atoms with van der Waals surface area (Å²) < 4.78 is 5.02. The first kappa shape index (κ1) is 16.5. The van der Waals surface area contributed by atoms with Gasteiger partial charge in [-0.05, 0) is 25.8 Å². The van der Waals surface area contributed by atoms with Crippen molar-refractivity contribution in [2.45, 2.75) is 19.8 Å². The molecule has 8 nitrogen and oxygen atoms in total. The normalized spacial score (nSPS) is 18.0. The van der Waals surface area contributed by atoms with Crippen LogP contribution in [0.25, 0.3) is 0 Å². The molecule has 0 N–H and O–H groups in total. The zero-order valence-corrected chi connectivity index (χ0v) is 14.0. The van der Waals surface area contributed by atoms with E-state index in [0.29, 0.717) is 44.4 Å². The summed E-state index contributed by atoms with van der Waals surface area (Å²) in [5, 5.41) is 0. The van der Waals surface area contributed by atoms with Crippen LogP contribution >= 0.6 is 0 Å². The Morgan fingerprint density at radius 2 is 1.79 bits per heavy atom. The molecule has 2 aliphatic heterocycles. The number of hydrogen-bond acceptors (Lipinski definition) is 6. The van der Waals surface area contributed by atoms with Gasteiger partial charge in [0.2, 0.25) is 5.95 Å². The van der Waals surface area contributed by atoms with Crippen molar-refractivity contribution in [1.82, 2.24) is 19.8 Å². The topological polar surface area (TPSA) is 78.9 Å². The lowest BCUT2D eigenvalue weighted by molar-refractivity contribution is 0.0787. The second-order valence-corrected chi connectivity index (χ2v) is 5.91. The molecule has 0 atom stereocenters. The Morgan fingerprint density at radius 3 is 2.46 bits per heavy atom. The Morgan fingerprint density at radius 1 is 1.08 bits per heavy atom. The van der Waals surface area contributed by atoms with E-state index in [1.54, 1.807) is 24.1 Å². The van der Waals surface area contributed by atoms with Gasteiger partial charge < -0.3 is 19.4 Å². The molecule has 2 amide bonds. The van der Waals surface area contributed by atoms with Gasteiger partial charge in [-0.1, -0.05) is 0 Å². The Balaban J connectivity index is 1.63. The fourth-order valence-corrected chi connectivity index (χ4v) is 3.01. The molecule has 1 aromatic rings. The Hall–Kier alpha value is -2.38. The standard InChI is InChI=1S/C16H23N5O3/c1-2-24-16(23)21-11-9-20(10-12-21)15-17-6-5-13(18-15)14(22)19-7-3-4-8-19/h5-6H,2-4,7-12H2,1H3. The zero-order chi connectivity index (χ0) is 16.9. The van der Waals surface area contributed by atoms with E-state index in [-0.39, 0.29) is 12.0 Å². The first-order valence-corrected chi connectivity index (χ1v) is 8.48. The van der Waals surface area contributed by atoms with Crippen LogP contribution in [-0.2, 0) is 4.74 Å². The van der Waals surface area contributed by atoms with Gasteiger partial charge in [-0.25, -0.2) is 14.8 Å². The van der Waals surface area contributed by atoms with E-state index in [2.05, 4.69) is 9.97 Å². The van der Waals surface area contributed by atoms with Gasteiger partial charge in [0.1, 0.15) is 5.69 Å². The molecule has 1 aromatic heterocycles. The summed E-state index contributed by atoms with van der Waals surface area (Å²) in [6.45, 7) is 6.15. The number of likely N-dealkylation sites (tertiary alicyclic amines) is 1. The molecule has 130 valence electrons. The molecular formula is C16H23N5O3. The molecule has 24 heavy (non-hydrogen) atoms. The van der Waals surface area contributed by atoms with Gasteiger partial charge in [-0.15, -0.1) is 0 Å². The third-order valence-electron chi connectivity index (χ3n) is 4.34. The SMILES string of the molecule is CCOC(=O)N1CCN(c2nccc(C(=O)N3CCCC3)n2)CC1. The highest BCUT2D eigenvalue weighted by atomic mass is 16.6.